The molecule has 2 nitrogen and oxygen atoms in total. The molecule has 1 fully saturated rings. The van der Waals surface area contributed by atoms with Crippen molar-refractivity contribution < 1.29 is 4.74 Å². The molecule has 0 bridgehead atoms. The van der Waals surface area contributed by atoms with Gasteiger partial charge in [0, 0.05) is 6.04 Å². The Balaban J connectivity index is 2.14. The molecular formula is C13H18ClNO. The van der Waals surface area contributed by atoms with E-state index >= 15 is 0 Å². The van der Waals surface area contributed by atoms with E-state index in [-0.39, 0.29) is 0 Å². The smallest absolute Gasteiger partial charge is 0.160 e. The van der Waals surface area contributed by atoms with E-state index in [2.05, 4.69) is 12.2 Å². The van der Waals surface area contributed by atoms with Crippen LogP contribution in [0.2, 0.25) is 5.02 Å². The molecule has 1 aromatic rings. The molecule has 16 heavy (non-hydrogen) atoms. The van der Waals surface area contributed by atoms with Gasteiger partial charge in [0.25, 0.3) is 0 Å². The Hall–Kier alpha value is -0.890. The lowest BCUT2D eigenvalue weighted by atomic mass is 10.2. The highest BCUT2D eigenvalue weighted by atomic mass is 35.5. The first-order valence-corrected chi connectivity index (χ1v) is 6.28. The molecule has 2 rings (SSSR count). The summed E-state index contributed by atoms with van der Waals surface area (Å²) in [7, 11) is 0. The lowest BCUT2D eigenvalue weighted by Crippen LogP contribution is -2.17. The number of anilines is 1. The van der Waals surface area contributed by atoms with Crippen molar-refractivity contribution in [1.29, 1.82) is 0 Å². The first-order valence-electron chi connectivity index (χ1n) is 5.90. The number of hydrogen-bond donors (Lipinski definition) is 1. The summed E-state index contributed by atoms with van der Waals surface area (Å²) >= 11 is 6.12. The Morgan fingerprint density at radius 1 is 1.50 bits per heavy atom. The van der Waals surface area contributed by atoms with Crippen molar-refractivity contribution in [3.63, 3.8) is 0 Å². The maximum Gasteiger partial charge on any atom is 0.160 e. The van der Waals surface area contributed by atoms with Crippen LogP contribution in [0.5, 0.6) is 5.75 Å². The van der Waals surface area contributed by atoms with Gasteiger partial charge in [-0.25, -0.2) is 0 Å². The summed E-state index contributed by atoms with van der Waals surface area (Å²) in [5.41, 5.74) is 1.01. The van der Waals surface area contributed by atoms with E-state index in [1.165, 1.54) is 12.8 Å². The zero-order chi connectivity index (χ0) is 11.5. The predicted molar refractivity (Wildman–Crippen MR) is 68.4 cm³/mol. The van der Waals surface area contributed by atoms with Crippen LogP contribution in [-0.2, 0) is 0 Å². The average molecular weight is 240 g/mol. The number of hydrogen-bond acceptors (Lipinski definition) is 2. The second-order valence-corrected chi connectivity index (χ2v) is 4.73. The highest BCUT2D eigenvalue weighted by Crippen LogP contribution is 2.38. The number of para-hydroxylation sites is 1. The molecule has 0 saturated heterocycles. The van der Waals surface area contributed by atoms with Gasteiger partial charge in [-0.1, -0.05) is 17.7 Å². The SMILES string of the molecule is CCOc1c(Cl)cccc1NC(C)C1CC1. The van der Waals surface area contributed by atoms with Gasteiger partial charge in [0.05, 0.1) is 17.3 Å². The van der Waals surface area contributed by atoms with E-state index in [1.807, 2.05) is 25.1 Å². The fourth-order valence-electron chi connectivity index (χ4n) is 1.87. The first-order chi connectivity index (χ1) is 7.72. The van der Waals surface area contributed by atoms with Gasteiger partial charge >= 0.3 is 0 Å². The molecule has 0 aliphatic heterocycles. The van der Waals surface area contributed by atoms with Crippen molar-refractivity contribution in [2.24, 2.45) is 5.92 Å². The molecule has 1 atom stereocenters. The Kier molecular flexibility index (Phi) is 3.59. The molecule has 1 aliphatic carbocycles. The van der Waals surface area contributed by atoms with Crippen LogP contribution in [0, 0.1) is 5.92 Å². The summed E-state index contributed by atoms with van der Waals surface area (Å²) in [5.74, 6) is 1.59. The van der Waals surface area contributed by atoms with E-state index in [1.54, 1.807) is 0 Å². The van der Waals surface area contributed by atoms with Crippen molar-refractivity contribution in [2.45, 2.75) is 32.7 Å². The van der Waals surface area contributed by atoms with Crippen LogP contribution >= 0.6 is 11.6 Å². The van der Waals surface area contributed by atoms with Gasteiger partial charge in [0.2, 0.25) is 0 Å². The number of halogens is 1. The van der Waals surface area contributed by atoms with Crippen LogP contribution in [-0.4, -0.2) is 12.6 Å². The third-order valence-electron chi connectivity index (χ3n) is 2.97. The molecule has 88 valence electrons. The standard InChI is InChI=1S/C13H18ClNO/c1-3-16-13-11(14)5-4-6-12(13)15-9(2)10-7-8-10/h4-6,9-10,15H,3,7-8H2,1-2H3. The summed E-state index contributed by atoms with van der Waals surface area (Å²) < 4.78 is 5.57. The maximum atomic E-state index is 6.12. The van der Waals surface area contributed by atoms with Gasteiger partial charge < -0.3 is 10.1 Å². The minimum absolute atomic E-state index is 0.498. The molecule has 1 saturated carbocycles. The molecule has 1 unspecified atom stereocenters. The van der Waals surface area contributed by atoms with Crippen molar-refractivity contribution in [3.8, 4) is 5.75 Å². The van der Waals surface area contributed by atoms with Crippen molar-refractivity contribution in [1.82, 2.24) is 0 Å². The fourth-order valence-corrected chi connectivity index (χ4v) is 2.10. The van der Waals surface area contributed by atoms with E-state index in [0.717, 1.165) is 17.4 Å². The first kappa shape index (κ1) is 11.6. The summed E-state index contributed by atoms with van der Waals surface area (Å²) in [5, 5.41) is 4.16. The quantitative estimate of drug-likeness (QED) is 0.840. The van der Waals surface area contributed by atoms with Crippen LogP contribution in [0.3, 0.4) is 0 Å². The normalized spacial score (nSPS) is 16.9. The number of ether oxygens (including phenoxy) is 1. The molecule has 1 N–H and O–H groups in total. The topological polar surface area (TPSA) is 21.3 Å². The third-order valence-corrected chi connectivity index (χ3v) is 3.27. The van der Waals surface area contributed by atoms with Crippen molar-refractivity contribution in [3.05, 3.63) is 23.2 Å². The molecular weight excluding hydrogens is 222 g/mol. The molecule has 0 spiro atoms. The molecule has 0 radical (unpaired) electrons. The van der Waals surface area contributed by atoms with Crippen LogP contribution < -0.4 is 10.1 Å². The highest BCUT2D eigenvalue weighted by Gasteiger charge is 2.28. The Morgan fingerprint density at radius 3 is 2.88 bits per heavy atom. The minimum Gasteiger partial charge on any atom is -0.490 e. The van der Waals surface area contributed by atoms with E-state index in [9.17, 15) is 0 Å². The van der Waals surface area contributed by atoms with Gasteiger partial charge in [-0.15, -0.1) is 0 Å². The fraction of sp³-hybridized carbons (Fsp3) is 0.538. The summed E-state index contributed by atoms with van der Waals surface area (Å²) in [6, 6.07) is 6.33. The third kappa shape index (κ3) is 2.62. The summed E-state index contributed by atoms with van der Waals surface area (Å²) in [6.45, 7) is 4.82. The molecule has 1 aliphatic rings. The zero-order valence-corrected chi connectivity index (χ0v) is 10.6. The lowest BCUT2D eigenvalue weighted by molar-refractivity contribution is 0.341. The minimum atomic E-state index is 0.498. The molecule has 0 aromatic heterocycles. The number of benzene rings is 1. The van der Waals surface area contributed by atoms with Gasteiger partial charge in [-0.2, -0.15) is 0 Å². The van der Waals surface area contributed by atoms with Crippen LogP contribution in [0.25, 0.3) is 0 Å². The van der Waals surface area contributed by atoms with Crippen LogP contribution in [0.1, 0.15) is 26.7 Å². The zero-order valence-electron chi connectivity index (χ0n) is 9.79. The maximum absolute atomic E-state index is 6.12. The van der Waals surface area contributed by atoms with Gasteiger partial charge in [0.15, 0.2) is 5.75 Å². The van der Waals surface area contributed by atoms with E-state index in [0.29, 0.717) is 17.7 Å². The van der Waals surface area contributed by atoms with Crippen molar-refractivity contribution >= 4 is 17.3 Å². The molecule has 1 aromatic carbocycles. The average Bonchev–Trinajstić information content (AvgIpc) is 3.06. The monoisotopic (exact) mass is 239 g/mol. The lowest BCUT2D eigenvalue weighted by Gasteiger charge is -2.18. The van der Waals surface area contributed by atoms with Gasteiger partial charge in [0.1, 0.15) is 0 Å². The van der Waals surface area contributed by atoms with Gasteiger partial charge in [-0.3, -0.25) is 0 Å². The Morgan fingerprint density at radius 2 is 2.25 bits per heavy atom. The summed E-state index contributed by atoms with van der Waals surface area (Å²) in [6.07, 6.45) is 2.66. The highest BCUT2D eigenvalue weighted by molar-refractivity contribution is 6.32. The number of nitrogens with one attached hydrogen (secondary N) is 1. The van der Waals surface area contributed by atoms with E-state index in [4.69, 9.17) is 16.3 Å². The van der Waals surface area contributed by atoms with E-state index < -0.39 is 0 Å². The molecule has 0 heterocycles. The number of rotatable bonds is 5. The Bertz CT molecular complexity index is 363. The predicted octanol–water partition coefficient (Wildman–Crippen LogP) is 3.95. The van der Waals surface area contributed by atoms with Crippen LogP contribution in [0.4, 0.5) is 5.69 Å². The molecule has 3 heteroatoms. The van der Waals surface area contributed by atoms with Gasteiger partial charge in [-0.05, 0) is 44.7 Å². The van der Waals surface area contributed by atoms with Crippen LogP contribution in [0.15, 0.2) is 18.2 Å². The second kappa shape index (κ2) is 4.96. The second-order valence-electron chi connectivity index (χ2n) is 4.32. The molecule has 0 amide bonds. The summed E-state index contributed by atoms with van der Waals surface area (Å²) in [4.78, 5) is 0. The van der Waals surface area contributed by atoms with Crippen molar-refractivity contribution in [2.75, 3.05) is 11.9 Å². The Labute approximate surface area is 102 Å². The largest absolute Gasteiger partial charge is 0.490 e.